The molecule has 164 valence electrons. The van der Waals surface area contributed by atoms with E-state index in [9.17, 15) is 18.0 Å². The molecule has 2 heterocycles. The van der Waals surface area contributed by atoms with Crippen molar-refractivity contribution in [1.82, 2.24) is 14.8 Å². The number of para-hydroxylation sites is 1. The first-order valence-corrected chi connectivity index (χ1v) is 9.53. The van der Waals surface area contributed by atoms with Crippen LogP contribution in [-0.2, 0) is 6.18 Å². The number of amides is 1. The molecule has 3 rings (SSSR count). The van der Waals surface area contributed by atoms with Gasteiger partial charge >= 0.3 is 6.18 Å². The molecule has 0 atom stereocenters. The molecule has 0 saturated carbocycles. The minimum absolute atomic E-state index is 0.0912. The summed E-state index contributed by atoms with van der Waals surface area (Å²) in [5, 5.41) is 10.1. The van der Waals surface area contributed by atoms with E-state index in [-0.39, 0.29) is 28.8 Å². The van der Waals surface area contributed by atoms with E-state index in [0.29, 0.717) is 16.9 Å². The molecule has 0 fully saturated rings. The second-order valence-electron chi connectivity index (χ2n) is 7.43. The largest absolute Gasteiger partial charge is 0.419 e. The highest BCUT2D eigenvalue weighted by molar-refractivity contribution is 6.00. The Bertz CT molecular complexity index is 1120. The monoisotopic (exact) mass is 432 g/mol. The Kier molecular flexibility index (Phi) is 5.92. The number of anilines is 4. The molecular formula is C21H23F3N6O. The Morgan fingerprint density at radius 2 is 1.87 bits per heavy atom. The van der Waals surface area contributed by atoms with Crippen molar-refractivity contribution in [1.29, 1.82) is 0 Å². The standard InChI is InChI=1S/C21H23F3N6O/c1-11(2)30-10-17(13(4)29-30)27-18-8-16(15(9-26-18)21(22,23)24)28-19-12(3)6-5-7-14(19)20(25)31/h5-11H,1-4H3,(H2,25,31)(H2,26,27,28). The van der Waals surface area contributed by atoms with Crippen LogP contribution in [0.3, 0.4) is 0 Å². The van der Waals surface area contributed by atoms with E-state index in [1.54, 1.807) is 36.9 Å². The number of aromatic nitrogens is 3. The maximum Gasteiger partial charge on any atom is 0.419 e. The second kappa shape index (κ2) is 8.29. The fourth-order valence-electron chi connectivity index (χ4n) is 3.03. The molecule has 4 N–H and O–H groups in total. The predicted octanol–water partition coefficient (Wildman–Crippen LogP) is 5.08. The molecule has 1 amide bonds. The number of benzene rings is 1. The first-order valence-electron chi connectivity index (χ1n) is 9.53. The van der Waals surface area contributed by atoms with Crippen LogP contribution in [0, 0.1) is 13.8 Å². The van der Waals surface area contributed by atoms with E-state index in [1.807, 2.05) is 13.8 Å². The zero-order chi connectivity index (χ0) is 22.9. The molecule has 3 aromatic rings. The first kappa shape index (κ1) is 22.1. The number of nitrogens with two attached hydrogens (primary N) is 1. The molecule has 1 aromatic carbocycles. The number of nitrogens with one attached hydrogen (secondary N) is 2. The molecule has 0 aliphatic carbocycles. The van der Waals surface area contributed by atoms with Gasteiger partial charge in [0.15, 0.2) is 0 Å². The number of primary amides is 1. The molecule has 31 heavy (non-hydrogen) atoms. The Hall–Kier alpha value is -3.56. The molecule has 0 radical (unpaired) electrons. The number of aryl methyl sites for hydroxylation is 2. The number of carbonyl (C=O) groups excluding carboxylic acids is 1. The van der Waals surface area contributed by atoms with Crippen molar-refractivity contribution in [3.8, 4) is 0 Å². The quantitative estimate of drug-likeness (QED) is 0.505. The number of carbonyl (C=O) groups is 1. The van der Waals surface area contributed by atoms with Crippen LogP contribution >= 0.6 is 0 Å². The van der Waals surface area contributed by atoms with E-state index >= 15 is 0 Å². The summed E-state index contributed by atoms with van der Waals surface area (Å²) in [5.74, 6) is -0.556. The summed E-state index contributed by atoms with van der Waals surface area (Å²) < 4.78 is 42.6. The van der Waals surface area contributed by atoms with Crippen molar-refractivity contribution < 1.29 is 18.0 Å². The predicted molar refractivity (Wildman–Crippen MR) is 113 cm³/mol. The molecule has 2 aromatic heterocycles. The lowest BCUT2D eigenvalue weighted by Crippen LogP contribution is -2.16. The summed E-state index contributed by atoms with van der Waals surface area (Å²) in [6.07, 6.45) is -2.14. The number of pyridine rings is 1. The van der Waals surface area contributed by atoms with Gasteiger partial charge in [-0.05, 0) is 39.3 Å². The van der Waals surface area contributed by atoms with Crippen LogP contribution in [0.5, 0.6) is 0 Å². The third-order valence-electron chi connectivity index (χ3n) is 4.72. The fourth-order valence-corrected chi connectivity index (χ4v) is 3.03. The smallest absolute Gasteiger partial charge is 0.366 e. The third kappa shape index (κ3) is 4.79. The van der Waals surface area contributed by atoms with Gasteiger partial charge in [0, 0.05) is 24.5 Å². The molecular weight excluding hydrogens is 409 g/mol. The van der Waals surface area contributed by atoms with Crippen molar-refractivity contribution in [2.75, 3.05) is 10.6 Å². The van der Waals surface area contributed by atoms with Gasteiger partial charge in [-0.25, -0.2) is 4.98 Å². The minimum Gasteiger partial charge on any atom is -0.366 e. The number of alkyl halides is 3. The van der Waals surface area contributed by atoms with E-state index in [1.165, 1.54) is 12.1 Å². The molecule has 0 aliphatic rings. The molecule has 0 bridgehead atoms. The van der Waals surface area contributed by atoms with Gasteiger partial charge in [-0.1, -0.05) is 12.1 Å². The van der Waals surface area contributed by atoms with Gasteiger partial charge in [0.25, 0.3) is 5.91 Å². The Morgan fingerprint density at radius 3 is 2.45 bits per heavy atom. The van der Waals surface area contributed by atoms with E-state index in [0.717, 1.165) is 6.20 Å². The lowest BCUT2D eigenvalue weighted by molar-refractivity contribution is -0.137. The van der Waals surface area contributed by atoms with Gasteiger partial charge in [0.1, 0.15) is 5.82 Å². The first-order chi connectivity index (χ1) is 14.5. The van der Waals surface area contributed by atoms with Crippen molar-refractivity contribution in [2.24, 2.45) is 5.73 Å². The van der Waals surface area contributed by atoms with Crippen molar-refractivity contribution in [3.63, 3.8) is 0 Å². The highest BCUT2D eigenvalue weighted by Gasteiger charge is 2.34. The van der Waals surface area contributed by atoms with Crippen LogP contribution in [0.1, 0.15) is 47.1 Å². The maximum atomic E-state index is 13.6. The zero-order valence-corrected chi connectivity index (χ0v) is 17.5. The van der Waals surface area contributed by atoms with E-state index in [4.69, 9.17) is 5.73 Å². The highest BCUT2D eigenvalue weighted by atomic mass is 19.4. The lowest BCUT2D eigenvalue weighted by Gasteiger charge is -2.18. The number of hydrogen-bond donors (Lipinski definition) is 3. The normalized spacial score (nSPS) is 11.6. The van der Waals surface area contributed by atoms with Gasteiger partial charge < -0.3 is 16.4 Å². The van der Waals surface area contributed by atoms with Crippen LogP contribution in [0.25, 0.3) is 0 Å². The number of halogens is 3. The topological polar surface area (TPSA) is 97.9 Å². The van der Waals surface area contributed by atoms with Gasteiger partial charge in [0.2, 0.25) is 0 Å². The number of hydrogen-bond acceptors (Lipinski definition) is 5. The summed E-state index contributed by atoms with van der Waals surface area (Å²) in [7, 11) is 0. The molecule has 0 spiro atoms. The second-order valence-corrected chi connectivity index (χ2v) is 7.43. The van der Waals surface area contributed by atoms with Crippen LogP contribution in [0.2, 0.25) is 0 Å². The molecule has 0 saturated heterocycles. The van der Waals surface area contributed by atoms with E-state index < -0.39 is 17.6 Å². The lowest BCUT2D eigenvalue weighted by atomic mass is 10.1. The molecule has 10 heteroatoms. The van der Waals surface area contributed by atoms with Crippen molar-refractivity contribution in [2.45, 2.75) is 39.9 Å². The van der Waals surface area contributed by atoms with Gasteiger partial charge in [-0.2, -0.15) is 18.3 Å². The molecule has 0 unspecified atom stereocenters. The van der Waals surface area contributed by atoms with Crippen molar-refractivity contribution in [3.05, 3.63) is 59.0 Å². The van der Waals surface area contributed by atoms with Crippen molar-refractivity contribution >= 4 is 28.8 Å². The zero-order valence-electron chi connectivity index (χ0n) is 17.5. The maximum absolute atomic E-state index is 13.6. The molecule has 0 aliphatic heterocycles. The third-order valence-corrected chi connectivity index (χ3v) is 4.72. The summed E-state index contributed by atoms with van der Waals surface area (Å²) in [6.45, 7) is 7.39. The highest BCUT2D eigenvalue weighted by Crippen LogP contribution is 2.38. The SMILES string of the molecule is Cc1cccc(C(N)=O)c1Nc1cc(Nc2cn(C(C)C)nc2C)ncc1C(F)(F)F. The summed E-state index contributed by atoms with van der Waals surface area (Å²) >= 11 is 0. The summed E-state index contributed by atoms with van der Waals surface area (Å²) in [4.78, 5) is 15.7. The Morgan fingerprint density at radius 1 is 1.16 bits per heavy atom. The molecule has 7 nitrogen and oxygen atoms in total. The minimum atomic E-state index is -4.65. The van der Waals surface area contributed by atoms with Crippen LogP contribution in [0.4, 0.5) is 36.1 Å². The fraction of sp³-hybridized carbons (Fsp3) is 0.286. The average Bonchev–Trinajstić information content (AvgIpc) is 3.03. The van der Waals surface area contributed by atoms with Crippen LogP contribution < -0.4 is 16.4 Å². The van der Waals surface area contributed by atoms with Gasteiger partial charge in [0.05, 0.1) is 33.9 Å². The van der Waals surface area contributed by atoms with Crippen LogP contribution in [-0.4, -0.2) is 20.7 Å². The summed E-state index contributed by atoms with van der Waals surface area (Å²) in [6, 6.07) is 6.10. The Labute approximate surface area is 177 Å². The van der Waals surface area contributed by atoms with E-state index in [2.05, 4.69) is 20.7 Å². The van der Waals surface area contributed by atoms with Gasteiger partial charge in [-0.3, -0.25) is 9.48 Å². The van der Waals surface area contributed by atoms with Gasteiger partial charge in [-0.15, -0.1) is 0 Å². The average molecular weight is 432 g/mol. The van der Waals surface area contributed by atoms with Crippen LogP contribution in [0.15, 0.2) is 36.7 Å². The number of rotatable bonds is 6. The Balaban J connectivity index is 2.04. The number of nitrogens with zero attached hydrogens (tertiary/aromatic N) is 3. The summed E-state index contributed by atoms with van der Waals surface area (Å²) in [5.41, 5.74) is 6.36.